The van der Waals surface area contributed by atoms with Crippen LogP contribution in [0.4, 0.5) is 0 Å². The van der Waals surface area contributed by atoms with E-state index in [0.29, 0.717) is 12.2 Å². The molecule has 0 spiro atoms. The van der Waals surface area contributed by atoms with E-state index in [1.165, 1.54) is 12.1 Å². The van der Waals surface area contributed by atoms with E-state index in [4.69, 9.17) is 0 Å². The summed E-state index contributed by atoms with van der Waals surface area (Å²) < 4.78 is 29.3. The van der Waals surface area contributed by atoms with Crippen LogP contribution in [0.25, 0.3) is 11.0 Å². The molecule has 0 unspecified atom stereocenters. The third-order valence-corrected chi connectivity index (χ3v) is 6.48. The number of nitrogens with zero attached hydrogens (tertiary/aromatic N) is 2. The van der Waals surface area contributed by atoms with Crippen LogP contribution in [0.3, 0.4) is 0 Å². The van der Waals surface area contributed by atoms with Crippen molar-refractivity contribution in [3.8, 4) is 0 Å². The molecule has 4 aromatic rings. The molecule has 152 valence electrons. The van der Waals surface area contributed by atoms with Crippen LogP contribution in [0.5, 0.6) is 0 Å². The Kier molecular flexibility index (Phi) is 5.13. The molecule has 0 aliphatic carbocycles. The predicted octanol–water partition coefficient (Wildman–Crippen LogP) is 3.82. The number of hydrogen-bond acceptors (Lipinski definition) is 4. The van der Waals surface area contributed by atoms with Crippen molar-refractivity contribution in [2.75, 3.05) is 0 Å². The van der Waals surface area contributed by atoms with Crippen LogP contribution in [0.15, 0.2) is 77.8 Å². The van der Waals surface area contributed by atoms with Crippen molar-refractivity contribution < 1.29 is 13.2 Å². The van der Waals surface area contributed by atoms with Gasteiger partial charge in [-0.3, -0.25) is 4.79 Å². The van der Waals surface area contributed by atoms with E-state index < -0.39 is 15.9 Å². The van der Waals surface area contributed by atoms with Gasteiger partial charge in [-0.05, 0) is 60.9 Å². The monoisotopic (exact) mass is 419 g/mol. The number of aryl methyl sites for hydroxylation is 2. The highest BCUT2D eigenvalue weighted by Gasteiger charge is 2.23. The normalized spacial score (nSPS) is 11.5. The van der Waals surface area contributed by atoms with Crippen molar-refractivity contribution in [1.29, 1.82) is 0 Å². The van der Waals surface area contributed by atoms with E-state index in [1.807, 2.05) is 38.1 Å². The Hall–Kier alpha value is -3.45. The number of nitrogens with one attached hydrogen (secondary N) is 1. The number of carbonyl (C=O) groups is 1. The van der Waals surface area contributed by atoms with Gasteiger partial charge >= 0.3 is 0 Å². The Labute approximate surface area is 175 Å². The van der Waals surface area contributed by atoms with Crippen LogP contribution in [0.2, 0.25) is 0 Å². The summed E-state index contributed by atoms with van der Waals surface area (Å²) in [7, 11) is -3.98. The molecule has 1 N–H and O–H groups in total. The van der Waals surface area contributed by atoms with Crippen LogP contribution in [0.1, 0.15) is 27.2 Å². The molecule has 0 radical (unpaired) electrons. The molecule has 0 aliphatic heterocycles. The van der Waals surface area contributed by atoms with E-state index >= 15 is 0 Å². The van der Waals surface area contributed by atoms with Crippen molar-refractivity contribution in [3.63, 3.8) is 0 Å². The zero-order chi connectivity index (χ0) is 21.3. The molecular weight excluding hydrogens is 398 g/mol. The predicted molar refractivity (Wildman–Crippen MR) is 116 cm³/mol. The van der Waals surface area contributed by atoms with Gasteiger partial charge in [0, 0.05) is 11.6 Å². The Morgan fingerprint density at radius 3 is 2.37 bits per heavy atom. The summed E-state index contributed by atoms with van der Waals surface area (Å²) in [5.41, 5.74) is 4.13. The number of rotatable bonds is 5. The fourth-order valence-electron chi connectivity index (χ4n) is 3.52. The largest absolute Gasteiger partial charge is 0.317 e. The van der Waals surface area contributed by atoms with Gasteiger partial charge in [0.05, 0.1) is 11.4 Å². The number of benzene rings is 2. The molecular formula is C23H21N3O3S. The molecule has 0 aliphatic rings. The second-order valence-corrected chi connectivity index (χ2v) is 8.83. The quantitative estimate of drug-likeness (QED) is 0.533. The first-order chi connectivity index (χ1) is 14.4. The molecule has 2 aromatic carbocycles. The molecule has 0 saturated heterocycles. The minimum absolute atomic E-state index is 0.0360. The van der Waals surface area contributed by atoms with Gasteiger partial charge in [0.2, 0.25) is 0 Å². The van der Waals surface area contributed by atoms with Crippen LogP contribution >= 0.6 is 0 Å². The van der Waals surface area contributed by atoms with Gasteiger partial charge in [0.1, 0.15) is 11.3 Å². The number of carbonyl (C=O) groups excluding carboxylic acids is 1. The zero-order valence-corrected chi connectivity index (χ0v) is 17.5. The molecule has 2 heterocycles. The minimum atomic E-state index is -3.98. The molecule has 30 heavy (non-hydrogen) atoms. The molecule has 2 aromatic heterocycles. The lowest BCUT2D eigenvalue weighted by Gasteiger charge is -2.14. The van der Waals surface area contributed by atoms with Crippen LogP contribution in [0, 0.1) is 13.8 Å². The lowest BCUT2D eigenvalue weighted by Crippen LogP contribution is -2.32. The zero-order valence-electron chi connectivity index (χ0n) is 16.7. The molecule has 6 nitrogen and oxygen atoms in total. The van der Waals surface area contributed by atoms with Crippen molar-refractivity contribution in [2.24, 2.45) is 0 Å². The van der Waals surface area contributed by atoms with E-state index in [-0.39, 0.29) is 10.6 Å². The van der Waals surface area contributed by atoms with Gasteiger partial charge < -0.3 is 4.57 Å². The first-order valence-electron chi connectivity index (χ1n) is 9.48. The molecule has 1 amide bonds. The van der Waals surface area contributed by atoms with Crippen molar-refractivity contribution >= 4 is 27.0 Å². The van der Waals surface area contributed by atoms with E-state index in [0.717, 1.165) is 22.1 Å². The number of pyridine rings is 1. The fourth-order valence-corrected chi connectivity index (χ4v) is 4.51. The lowest BCUT2D eigenvalue weighted by molar-refractivity contribution is 0.0973. The summed E-state index contributed by atoms with van der Waals surface area (Å²) in [6.07, 6.45) is 1.66. The molecule has 0 atom stereocenters. The average Bonchev–Trinajstić information content (AvgIpc) is 3.10. The van der Waals surface area contributed by atoms with Crippen molar-refractivity contribution in [3.05, 3.63) is 95.3 Å². The minimum Gasteiger partial charge on any atom is -0.317 e. The maximum atomic E-state index is 13.0. The topological polar surface area (TPSA) is 81.1 Å². The third kappa shape index (κ3) is 3.71. The summed E-state index contributed by atoms with van der Waals surface area (Å²) in [5, 5.41) is 0.769. The summed E-state index contributed by atoms with van der Waals surface area (Å²) >= 11 is 0. The number of hydrogen-bond donors (Lipinski definition) is 1. The Bertz CT molecular complexity index is 1320. The highest BCUT2D eigenvalue weighted by molar-refractivity contribution is 7.90. The van der Waals surface area contributed by atoms with Gasteiger partial charge in [0.25, 0.3) is 15.9 Å². The second-order valence-electron chi connectivity index (χ2n) is 7.15. The van der Waals surface area contributed by atoms with Gasteiger partial charge in [-0.25, -0.2) is 18.1 Å². The van der Waals surface area contributed by atoms with Gasteiger partial charge in [-0.1, -0.05) is 36.4 Å². The second kappa shape index (κ2) is 7.76. The summed E-state index contributed by atoms with van der Waals surface area (Å²) in [6.45, 7) is 4.44. The van der Waals surface area contributed by atoms with E-state index in [2.05, 4.69) is 9.71 Å². The highest BCUT2D eigenvalue weighted by Crippen LogP contribution is 2.23. The Balaban J connectivity index is 1.78. The maximum Gasteiger partial charge on any atom is 0.281 e. The highest BCUT2D eigenvalue weighted by atomic mass is 32.2. The summed E-state index contributed by atoms with van der Waals surface area (Å²) in [4.78, 5) is 17.5. The number of fused-ring (bicyclic) bond motifs is 1. The number of sulfonamides is 1. The number of amides is 1. The molecule has 0 bridgehead atoms. The molecule has 0 fully saturated rings. The van der Waals surface area contributed by atoms with Gasteiger partial charge in [-0.2, -0.15) is 0 Å². The fraction of sp³-hybridized carbons (Fsp3) is 0.130. The SMILES string of the molecule is Cc1cccc(C)c1Cn1c(C(=O)NS(=O)(=O)c2ccccc2)cc2cccnc21. The maximum absolute atomic E-state index is 13.0. The Morgan fingerprint density at radius 1 is 0.967 bits per heavy atom. The molecule has 4 rings (SSSR count). The first-order valence-corrected chi connectivity index (χ1v) is 11.0. The molecule has 7 heteroatoms. The lowest BCUT2D eigenvalue weighted by atomic mass is 10.0. The van der Waals surface area contributed by atoms with E-state index in [9.17, 15) is 13.2 Å². The van der Waals surface area contributed by atoms with Crippen LogP contribution < -0.4 is 4.72 Å². The molecule has 0 saturated carbocycles. The first kappa shape index (κ1) is 19.8. The van der Waals surface area contributed by atoms with Gasteiger partial charge in [0.15, 0.2) is 0 Å². The summed E-state index contributed by atoms with van der Waals surface area (Å²) in [6, 6.07) is 19.2. The standard InChI is InChI=1S/C23H21N3O3S/c1-16-8-6-9-17(2)20(16)15-26-21(14-18-10-7-13-24-22(18)26)23(27)25-30(28,29)19-11-4-3-5-12-19/h3-14H,15H2,1-2H3,(H,25,27). The number of aromatic nitrogens is 2. The smallest absolute Gasteiger partial charge is 0.281 e. The van der Waals surface area contributed by atoms with Crippen molar-refractivity contribution in [1.82, 2.24) is 14.3 Å². The van der Waals surface area contributed by atoms with Crippen LogP contribution in [-0.2, 0) is 16.6 Å². The van der Waals surface area contributed by atoms with Gasteiger partial charge in [-0.15, -0.1) is 0 Å². The Morgan fingerprint density at radius 2 is 1.67 bits per heavy atom. The van der Waals surface area contributed by atoms with E-state index in [1.54, 1.807) is 41.1 Å². The average molecular weight is 420 g/mol. The van der Waals surface area contributed by atoms with Crippen molar-refractivity contribution in [2.45, 2.75) is 25.3 Å². The summed E-state index contributed by atoms with van der Waals surface area (Å²) in [5.74, 6) is -0.692. The van der Waals surface area contributed by atoms with Crippen LogP contribution in [-0.4, -0.2) is 23.9 Å². The third-order valence-electron chi connectivity index (χ3n) is 5.13.